The summed E-state index contributed by atoms with van der Waals surface area (Å²) in [5.74, 6) is -0.286. The maximum absolute atomic E-state index is 13.0. The maximum Gasteiger partial charge on any atom is 0.257 e. The molecule has 1 aromatic carbocycles. The van der Waals surface area contributed by atoms with Crippen LogP contribution in [-0.4, -0.2) is 41.7 Å². The Kier molecular flexibility index (Phi) is 6.38. The second kappa shape index (κ2) is 8.76. The first-order valence-corrected chi connectivity index (χ1v) is 11.3. The van der Waals surface area contributed by atoms with E-state index in [2.05, 4.69) is 15.3 Å². The van der Waals surface area contributed by atoms with Crippen LogP contribution in [-0.2, 0) is 10.0 Å². The lowest BCUT2D eigenvalue weighted by Crippen LogP contribution is -2.32. The molecule has 0 saturated heterocycles. The average Bonchev–Trinajstić information content (AvgIpc) is 3.09. The first kappa shape index (κ1) is 20.4. The van der Waals surface area contributed by atoms with E-state index < -0.39 is 10.0 Å². The summed E-state index contributed by atoms with van der Waals surface area (Å²) in [5.41, 5.74) is 1.12. The van der Waals surface area contributed by atoms with Gasteiger partial charge < -0.3 is 0 Å². The topological polar surface area (TPSA) is 92.3 Å². The van der Waals surface area contributed by atoms with Crippen molar-refractivity contribution in [3.05, 3.63) is 48.3 Å². The summed E-state index contributed by atoms with van der Waals surface area (Å²) in [7, 11) is -3.56. The zero-order valence-corrected chi connectivity index (χ0v) is 17.4. The van der Waals surface area contributed by atoms with E-state index >= 15 is 0 Å². The average molecular weight is 419 g/mol. The molecule has 0 fully saturated rings. The Morgan fingerprint density at radius 2 is 1.79 bits per heavy atom. The van der Waals surface area contributed by atoms with Gasteiger partial charge in [0, 0.05) is 31.0 Å². The van der Waals surface area contributed by atoms with Gasteiger partial charge in [-0.15, -0.1) is 0 Å². The minimum Gasteiger partial charge on any atom is -0.298 e. The Bertz CT molecular complexity index is 1060. The van der Waals surface area contributed by atoms with Crippen LogP contribution in [0.5, 0.6) is 0 Å². The Morgan fingerprint density at radius 3 is 2.43 bits per heavy atom. The lowest BCUT2D eigenvalue weighted by Gasteiger charge is -2.20. The lowest BCUT2D eigenvalue weighted by molar-refractivity contribution is 0.102. The standard InChI is InChI=1S/C19H22N4O3S2/c1-3-11-23(12-4-2)28(25,26)15-5-6-16-17(13-15)27-19(21-16)22-18(24)14-7-9-20-10-8-14/h5-10,13H,3-4,11-12H2,1-2H3,(H,21,22,24). The van der Waals surface area contributed by atoms with E-state index in [0.717, 1.165) is 12.8 Å². The van der Waals surface area contributed by atoms with Crippen molar-refractivity contribution in [2.75, 3.05) is 18.4 Å². The number of hydrogen-bond acceptors (Lipinski definition) is 6. The van der Waals surface area contributed by atoms with Crippen molar-refractivity contribution >= 4 is 42.6 Å². The fourth-order valence-corrected chi connectivity index (χ4v) is 5.42. The summed E-state index contributed by atoms with van der Waals surface area (Å²) in [5, 5.41) is 3.17. The van der Waals surface area contributed by atoms with E-state index in [1.54, 1.807) is 42.7 Å². The van der Waals surface area contributed by atoms with Crippen LogP contribution >= 0.6 is 11.3 Å². The van der Waals surface area contributed by atoms with E-state index in [0.29, 0.717) is 34.0 Å². The molecule has 1 amide bonds. The van der Waals surface area contributed by atoms with E-state index in [-0.39, 0.29) is 10.8 Å². The predicted molar refractivity (Wildman–Crippen MR) is 111 cm³/mol. The van der Waals surface area contributed by atoms with E-state index in [1.165, 1.54) is 15.6 Å². The number of thiazole rings is 1. The molecule has 0 atom stereocenters. The molecule has 0 aliphatic heterocycles. The number of carbonyl (C=O) groups is 1. The number of nitrogens with one attached hydrogen (secondary N) is 1. The van der Waals surface area contributed by atoms with Crippen LogP contribution < -0.4 is 5.32 Å². The number of carbonyl (C=O) groups excluding carboxylic acids is 1. The molecule has 0 saturated carbocycles. The van der Waals surface area contributed by atoms with Gasteiger partial charge in [0.1, 0.15) is 0 Å². The molecule has 28 heavy (non-hydrogen) atoms. The summed E-state index contributed by atoms with van der Waals surface area (Å²) in [6, 6.07) is 8.11. The van der Waals surface area contributed by atoms with Gasteiger partial charge in [0.15, 0.2) is 5.13 Å². The molecule has 2 heterocycles. The van der Waals surface area contributed by atoms with Gasteiger partial charge in [-0.3, -0.25) is 15.1 Å². The van der Waals surface area contributed by atoms with Crippen LogP contribution in [0.4, 0.5) is 5.13 Å². The number of fused-ring (bicyclic) bond motifs is 1. The number of rotatable bonds is 8. The maximum atomic E-state index is 13.0. The van der Waals surface area contributed by atoms with Crippen molar-refractivity contribution in [2.24, 2.45) is 0 Å². The second-order valence-electron chi connectivity index (χ2n) is 6.24. The lowest BCUT2D eigenvalue weighted by atomic mass is 10.2. The molecule has 3 rings (SSSR count). The predicted octanol–water partition coefficient (Wildman–Crippen LogP) is 3.75. The Morgan fingerprint density at radius 1 is 1.11 bits per heavy atom. The summed E-state index contributed by atoms with van der Waals surface area (Å²) >= 11 is 1.25. The zero-order valence-electron chi connectivity index (χ0n) is 15.8. The van der Waals surface area contributed by atoms with Gasteiger partial charge in [0.2, 0.25) is 10.0 Å². The van der Waals surface area contributed by atoms with Crippen LogP contribution in [0.2, 0.25) is 0 Å². The van der Waals surface area contributed by atoms with Gasteiger partial charge in [-0.1, -0.05) is 25.2 Å². The second-order valence-corrected chi connectivity index (χ2v) is 9.21. The molecule has 0 aliphatic carbocycles. The fraction of sp³-hybridized carbons (Fsp3) is 0.316. The SMILES string of the molecule is CCCN(CCC)S(=O)(=O)c1ccc2nc(NC(=O)c3ccncc3)sc2c1. The summed E-state index contributed by atoms with van der Waals surface area (Å²) in [4.78, 5) is 20.8. The minimum atomic E-state index is -3.56. The number of nitrogens with zero attached hydrogens (tertiary/aromatic N) is 3. The first-order valence-electron chi connectivity index (χ1n) is 9.07. The van der Waals surface area contributed by atoms with Gasteiger partial charge in [-0.25, -0.2) is 13.4 Å². The highest BCUT2D eigenvalue weighted by atomic mass is 32.2. The van der Waals surface area contributed by atoms with E-state index in [4.69, 9.17) is 0 Å². The summed E-state index contributed by atoms with van der Waals surface area (Å²) in [6.07, 6.45) is 4.60. The number of anilines is 1. The van der Waals surface area contributed by atoms with Crippen LogP contribution in [0, 0.1) is 0 Å². The minimum absolute atomic E-state index is 0.248. The van der Waals surface area contributed by atoms with Gasteiger partial charge in [0.05, 0.1) is 15.1 Å². The Balaban J connectivity index is 1.87. The quantitative estimate of drug-likeness (QED) is 0.601. The Labute approximate surface area is 168 Å². The van der Waals surface area contributed by atoms with Crippen molar-refractivity contribution < 1.29 is 13.2 Å². The van der Waals surface area contributed by atoms with Gasteiger partial charge in [-0.2, -0.15) is 4.31 Å². The molecule has 9 heteroatoms. The molecule has 7 nitrogen and oxygen atoms in total. The molecule has 148 valence electrons. The normalized spacial score (nSPS) is 11.8. The number of benzene rings is 1. The smallest absolute Gasteiger partial charge is 0.257 e. The van der Waals surface area contributed by atoms with Crippen molar-refractivity contribution in [3.8, 4) is 0 Å². The largest absolute Gasteiger partial charge is 0.298 e. The number of amides is 1. The van der Waals surface area contributed by atoms with Gasteiger partial charge >= 0.3 is 0 Å². The summed E-state index contributed by atoms with van der Waals surface area (Å²) in [6.45, 7) is 4.90. The highest BCUT2D eigenvalue weighted by molar-refractivity contribution is 7.89. The number of sulfonamides is 1. The number of hydrogen-bond donors (Lipinski definition) is 1. The summed E-state index contributed by atoms with van der Waals surface area (Å²) < 4.78 is 28.1. The molecular formula is C19H22N4O3S2. The molecule has 0 spiro atoms. The molecule has 2 aromatic heterocycles. The third-order valence-electron chi connectivity index (χ3n) is 4.11. The first-order chi connectivity index (χ1) is 13.5. The highest BCUT2D eigenvalue weighted by Gasteiger charge is 2.23. The monoisotopic (exact) mass is 418 g/mol. The molecule has 0 aliphatic rings. The van der Waals surface area contributed by atoms with Crippen LogP contribution in [0.25, 0.3) is 10.2 Å². The third kappa shape index (κ3) is 4.37. The molecule has 0 radical (unpaired) electrons. The fourth-order valence-electron chi connectivity index (χ4n) is 2.79. The van der Waals surface area contributed by atoms with E-state index in [1.807, 2.05) is 13.8 Å². The van der Waals surface area contributed by atoms with Crippen LogP contribution in [0.1, 0.15) is 37.0 Å². The van der Waals surface area contributed by atoms with Crippen LogP contribution in [0.15, 0.2) is 47.6 Å². The van der Waals surface area contributed by atoms with Crippen LogP contribution in [0.3, 0.4) is 0 Å². The van der Waals surface area contributed by atoms with Crippen molar-refractivity contribution in [2.45, 2.75) is 31.6 Å². The van der Waals surface area contributed by atoms with Crippen molar-refractivity contribution in [1.82, 2.24) is 14.3 Å². The zero-order chi connectivity index (χ0) is 20.1. The number of pyridine rings is 1. The number of aromatic nitrogens is 2. The molecule has 0 bridgehead atoms. The van der Waals surface area contributed by atoms with Crippen molar-refractivity contribution in [3.63, 3.8) is 0 Å². The molecule has 3 aromatic rings. The Hall–Kier alpha value is -2.36. The molecule has 1 N–H and O–H groups in total. The third-order valence-corrected chi connectivity index (χ3v) is 6.93. The molecular weight excluding hydrogens is 396 g/mol. The van der Waals surface area contributed by atoms with E-state index in [9.17, 15) is 13.2 Å². The van der Waals surface area contributed by atoms with Gasteiger partial charge in [0.25, 0.3) is 5.91 Å². The molecule has 0 unspecified atom stereocenters. The van der Waals surface area contributed by atoms with Gasteiger partial charge in [-0.05, 0) is 43.2 Å². The highest BCUT2D eigenvalue weighted by Crippen LogP contribution is 2.29. The van der Waals surface area contributed by atoms with Crippen molar-refractivity contribution in [1.29, 1.82) is 0 Å².